The van der Waals surface area contributed by atoms with Crippen LogP contribution in [0.5, 0.6) is 0 Å². The lowest BCUT2D eigenvalue weighted by molar-refractivity contribution is -0.120. The van der Waals surface area contributed by atoms with E-state index in [0.29, 0.717) is 34.0 Å². The zero-order valence-electron chi connectivity index (χ0n) is 19.5. The van der Waals surface area contributed by atoms with Crippen LogP contribution in [0.15, 0.2) is 76.8 Å². The van der Waals surface area contributed by atoms with Crippen molar-refractivity contribution >= 4 is 34.5 Å². The summed E-state index contributed by atoms with van der Waals surface area (Å²) < 4.78 is 6.15. The molecule has 35 heavy (non-hydrogen) atoms. The molecule has 0 bridgehead atoms. The molecule has 0 aliphatic carbocycles. The van der Waals surface area contributed by atoms with E-state index in [-0.39, 0.29) is 11.5 Å². The van der Waals surface area contributed by atoms with Crippen LogP contribution >= 0.6 is 11.8 Å². The number of methoxy groups -OCH3 is 1. The quantitative estimate of drug-likeness (QED) is 0.240. The standard InChI is InChI=1S/C26H24N4O4S/c1-16-12-13-27-22(14-16)30-24(32)20-6-4-5-7-21(20)29-26(30)35-17(2)23(31)28-15-18-8-10-19(11-9-18)25(33)34-3/h4-14,17H,15H2,1-3H3,(H,28,31). The van der Waals surface area contributed by atoms with E-state index in [2.05, 4.69) is 15.3 Å². The molecule has 178 valence electrons. The number of fused-ring (bicyclic) bond motifs is 1. The van der Waals surface area contributed by atoms with Gasteiger partial charge >= 0.3 is 5.97 Å². The summed E-state index contributed by atoms with van der Waals surface area (Å²) in [6.45, 7) is 3.98. The fourth-order valence-electron chi connectivity index (χ4n) is 3.46. The van der Waals surface area contributed by atoms with Gasteiger partial charge in [0.2, 0.25) is 5.91 Å². The summed E-state index contributed by atoms with van der Waals surface area (Å²) in [6, 6.07) is 17.6. The molecule has 2 aromatic heterocycles. The number of benzene rings is 2. The van der Waals surface area contributed by atoms with Crippen LogP contribution < -0.4 is 10.9 Å². The Balaban J connectivity index is 1.56. The summed E-state index contributed by atoms with van der Waals surface area (Å²) in [5.74, 6) is -0.171. The first-order chi connectivity index (χ1) is 16.9. The van der Waals surface area contributed by atoms with Gasteiger partial charge in [-0.2, -0.15) is 0 Å². The second-order valence-corrected chi connectivity index (χ2v) is 9.22. The summed E-state index contributed by atoms with van der Waals surface area (Å²) >= 11 is 1.19. The van der Waals surface area contributed by atoms with Crippen molar-refractivity contribution in [2.24, 2.45) is 0 Å². The minimum absolute atomic E-state index is 0.210. The third-order valence-corrected chi connectivity index (χ3v) is 6.42. The van der Waals surface area contributed by atoms with Crippen LogP contribution in [0.2, 0.25) is 0 Å². The fraction of sp³-hybridized carbons (Fsp3) is 0.192. The van der Waals surface area contributed by atoms with Gasteiger partial charge in [0.1, 0.15) is 5.82 Å². The van der Waals surface area contributed by atoms with Gasteiger partial charge in [0, 0.05) is 12.7 Å². The van der Waals surface area contributed by atoms with E-state index in [1.54, 1.807) is 55.6 Å². The maximum Gasteiger partial charge on any atom is 0.337 e. The van der Waals surface area contributed by atoms with Crippen LogP contribution in [-0.4, -0.2) is 38.8 Å². The first kappa shape index (κ1) is 24.2. The molecule has 0 saturated heterocycles. The average Bonchev–Trinajstić information content (AvgIpc) is 2.87. The maximum atomic E-state index is 13.4. The SMILES string of the molecule is COC(=O)c1ccc(CNC(=O)C(C)Sc2nc3ccccc3c(=O)n2-c2cc(C)ccn2)cc1. The van der Waals surface area contributed by atoms with Crippen LogP contribution in [-0.2, 0) is 16.1 Å². The molecule has 0 fully saturated rings. The van der Waals surface area contributed by atoms with E-state index in [0.717, 1.165) is 11.1 Å². The Morgan fingerprint density at radius 1 is 1.11 bits per heavy atom. The molecule has 1 atom stereocenters. The van der Waals surface area contributed by atoms with E-state index in [4.69, 9.17) is 4.74 Å². The highest BCUT2D eigenvalue weighted by molar-refractivity contribution is 8.00. The maximum absolute atomic E-state index is 13.4. The van der Waals surface area contributed by atoms with Crippen LogP contribution in [0.3, 0.4) is 0 Å². The molecular weight excluding hydrogens is 464 g/mol. The minimum Gasteiger partial charge on any atom is -0.465 e. The topological polar surface area (TPSA) is 103 Å². The highest BCUT2D eigenvalue weighted by atomic mass is 32.2. The molecule has 0 spiro atoms. The van der Waals surface area contributed by atoms with Crippen molar-refractivity contribution in [2.75, 3.05) is 7.11 Å². The van der Waals surface area contributed by atoms with Gasteiger partial charge in [-0.1, -0.05) is 36.0 Å². The molecule has 0 radical (unpaired) electrons. The van der Waals surface area contributed by atoms with Crippen molar-refractivity contribution in [3.63, 3.8) is 0 Å². The van der Waals surface area contributed by atoms with E-state index >= 15 is 0 Å². The molecule has 2 heterocycles. The lowest BCUT2D eigenvalue weighted by Gasteiger charge is -2.16. The summed E-state index contributed by atoms with van der Waals surface area (Å²) in [6.07, 6.45) is 1.64. The van der Waals surface area contributed by atoms with Crippen molar-refractivity contribution in [2.45, 2.75) is 30.8 Å². The van der Waals surface area contributed by atoms with Crippen molar-refractivity contribution in [1.82, 2.24) is 19.9 Å². The molecular formula is C26H24N4O4S. The smallest absolute Gasteiger partial charge is 0.337 e. The number of aromatic nitrogens is 3. The Kier molecular flexibility index (Phi) is 7.26. The normalized spacial score (nSPS) is 11.7. The zero-order chi connectivity index (χ0) is 24.9. The Bertz CT molecular complexity index is 1450. The number of nitrogens with zero attached hydrogens (tertiary/aromatic N) is 3. The Labute approximate surface area is 206 Å². The summed E-state index contributed by atoms with van der Waals surface area (Å²) in [5, 5.41) is 3.23. The first-order valence-electron chi connectivity index (χ1n) is 10.9. The fourth-order valence-corrected chi connectivity index (χ4v) is 4.40. The Hall–Kier alpha value is -3.98. The van der Waals surface area contributed by atoms with E-state index in [1.807, 2.05) is 25.1 Å². The number of esters is 1. The van der Waals surface area contributed by atoms with Gasteiger partial charge in [-0.25, -0.2) is 19.3 Å². The number of carbonyl (C=O) groups excluding carboxylic acids is 2. The highest BCUT2D eigenvalue weighted by Crippen LogP contribution is 2.25. The number of rotatable bonds is 7. The number of nitrogens with one attached hydrogen (secondary N) is 1. The third-order valence-electron chi connectivity index (χ3n) is 5.37. The van der Waals surface area contributed by atoms with Gasteiger partial charge < -0.3 is 10.1 Å². The number of para-hydroxylation sites is 1. The van der Waals surface area contributed by atoms with Gasteiger partial charge in [0.25, 0.3) is 5.56 Å². The molecule has 0 aliphatic heterocycles. The number of aryl methyl sites for hydroxylation is 1. The minimum atomic E-state index is -0.534. The molecule has 2 aromatic carbocycles. The number of pyridine rings is 1. The molecule has 1 N–H and O–H groups in total. The summed E-state index contributed by atoms with van der Waals surface area (Å²) in [4.78, 5) is 46.8. The van der Waals surface area contributed by atoms with E-state index in [1.165, 1.54) is 23.4 Å². The molecule has 9 heteroatoms. The van der Waals surface area contributed by atoms with Gasteiger partial charge in [-0.3, -0.25) is 9.59 Å². The average molecular weight is 489 g/mol. The summed E-state index contributed by atoms with van der Waals surface area (Å²) in [5.41, 5.74) is 2.55. The zero-order valence-corrected chi connectivity index (χ0v) is 20.3. The Morgan fingerprint density at radius 2 is 1.86 bits per heavy atom. The van der Waals surface area contributed by atoms with Crippen molar-refractivity contribution < 1.29 is 14.3 Å². The third kappa shape index (κ3) is 5.41. The van der Waals surface area contributed by atoms with Gasteiger partial charge in [0.15, 0.2) is 5.16 Å². The van der Waals surface area contributed by atoms with Crippen molar-refractivity contribution in [1.29, 1.82) is 0 Å². The molecule has 0 aliphatic rings. The number of hydrogen-bond donors (Lipinski definition) is 1. The van der Waals surface area contributed by atoms with E-state index < -0.39 is 11.2 Å². The largest absolute Gasteiger partial charge is 0.465 e. The van der Waals surface area contributed by atoms with Gasteiger partial charge in [-0.05, 0) is 61.4 Å². The summed E-state index contributed by atoms with van der Waals surface area (Å²) in [7, 11) is 1.33. The monoisotopic (exact) mass is 488 g/mol. The second kappa shape index (κ2) is 10.5. The number of hydrogen-bond acceptors (Lipinski definition) is 7. The van der Waals surface area contributed by atoms with Gasteiger partial charge in [-0.15, -0.1) is 0 Å². The predicted molar refractivity (Wildman–Crippen MR) is 135 cm³/mol. The molecule has 1 amide bonds. The first-order valence-corrected chi connectivity index (χ1v) is 11.8. The van der Waals surface area contributed by atoms with Crippen molar-refractivity contribution in [3.8, 4) is 5.82 Å². The number of carbonyl (C=O) groups is 2. The van der Waals surface area contributed by atoms with Crippen LogP contribution in [0.1, 0.15) is 28.4 Å². The highest BCUT2D eigenvalue weighted by Gasteiger charge is 2.21. The van der Waals surface area contributed by atoms with Crippen molar-refractivity contribution in [3.05, 3.63) is 93.9 Å². The predicted octanol–water partition coefficient (Wildman–Crippen LogP) is 3.67. The molecule has 4 rings (SSSR count). The molecule has 8 nitrogen and oxygen atoms in total. The van der Waals surface area contributed by atoms with E-state index in [9.17, 15) is 14.4 Å². The molecule has 4 aromatic rings. The number of thioether (sulfide) groups is 1. The van der Waals surface area contributed by atoms with Crippen LogP contribution in [0, 0.1) is 6.92 Å². The number of ether oxygens (including phenoxy) is 1. The second-order valence-electron chi connectivity index (χ2n) is 7.91. The molecule has 1 unspecified atom stereocenters. The van der Waals surface area contributed by atoms with Crippen LogP contribution in [0.4, 0.5) is 0 Å². The van der Waals surface area contributed by atoms with Crippen LogP contribution in [0.25, 0.3) is 16.7 Å². The lowest BCUT2D eigenvalue weighted by atomic mass is 10.1. The van der Waals surface area contributed by atoms with Gasteiger partial charge in [0.05, 0.1) is 28.8 Å². The Morgan fingerprint density at radius 3 is 2.57 bits per heavy atom. The number of amides is 1. The molecule has 0 saturated carbocycles. The lowest BCUT2D eigenvalue weighted by Crippen LogP contribution is -2.31.